The van der Waals surface area contributed by atoms with Crippen molar-refractivity contribution in [1.82, 2.24) is 4.90 Å². The van der Waals surface area contributed by atoms with Crippen molar-refractivity contribution in [2.75, 3.05) is 5.75 Å². The molecule has 2 N–H and O–H groups in total. The minimum absolute atomic E-state index is 0.112. The van der Waals surface area contributed by atoms with Crippen molar-refractivity contribution >= 4 is 29.6 Å². The number of aliphatic carboxylic acids is 2. The van der Waals surface area contributed by atoms with E-state index in [9.17, 15) is 24.6 Å². The minimum Gasteiger partial charge on any atom is -0.480 e. The van der Waals surface area contributed by atoms with E-state index < -0.39 is 22.9 Å². The maximum atomic E-state index is 12.4. The van der Waals surface area contributed by atoms with Gasteiger partial charge in [0.1, 0.15) is 6.04 Å². The zero-order chi connectivity index (χ0) is 17.5. The first-order valence-electron chi connectivity index (χ1n) is 8.27. The van der Waals surface area contributed by atoms with Crippen LogP contribution in [0.15, 0.2) is 0 Å². The van der Waals surface area contributed by atoms with Crippen LogP contribution in [0.4, 0.5) is 0 Å². The van der Waals surface area contributed by atoms with Crippen LogP contribution in [0.5, 0.6) is 0 Å². The van der Waals surface area contributed by atoms with Gasteiger partial charge in [0.25, 0.3) is 0 Å². The smallest absolute Gasteiger partial charge is 0.340 e. The summed E-state index contributed by atoms with van der Waals surface area (Å²) in [5, 5.41) is 18.6. The molecule has 1 rings (SSSR count). The van der Waals surface area contributed by atoms with Gasteiger partial charge in [0.15, 0.2) is 4.87 Å². The maximum absolute atomic E-state index is 12.4. The highest BCUT2D eigenvalue weighted by molar-refractivity contribution is 8.01. The molecule has 1 amide bonds. The Bertz CT molecular complexity index is 442. The van der Waals surface area contributed by atoms with Crippen molar-refractivity contribution in [1.29, 1.82) is 0 Å². The summed E-state index contributed by atoms with van der Waals surface area (Å²) < 4.78 is 0. The lowest BCUT2D eigenvalue weighted by Gasteiger charge is -2.32. The highest BCUT2D eigenvalue weighted by Gasteiger charge is 2.53. The molecular weight excluding hydrogens is 318 g/mol. The number of carboxylic acids is 2. The molecule has 1 aliphatic rings. The summed E-state index contributed by atoms with van der Waals surface area (Å²) in [5.41, 5.74) is 0. The molecule has 1 fully saturated rings. The van der Waals surface area contributed by atoms with Gasteiger partial charge < -0.3 is 15.1 Å². The fraction of sp³-hybridized carbons (Fsp3) is 0.812. The van der Waals surface area contributed by atoms with E-state index in [4.69, 9.17) is 0 Å². The second-order valence-corrected chi connectivity index (χ2v) is 7.51. The van der Waals surface area contributed by atoms with Gasteiger partial charge in [-0.2, -0.15) is 0 Å². The molecule has 0 aromatic rings. The molecule has 0 spiro atoms. The molecule has 0 radical (unpaired) electrons. The summed E-state index contributed by atoms with van der Waals surface area (Å²) in [6.45, 7) is 3.57. The lowest BCUT2D eigenvalue weighted by Crippen LogP contribution is -2.54. The molecule has 0 aromatic heterocycles. The lowest BCUT2D eigenvalue weighted by molar-refractivity contribution is -0.158. The molecule has 1 aliphatic heterocycles. The van der Waals surface area contributed by atoms with Crippen LogP contribution in [0.3, 0.4) is 0 Å². The highest BCUT2D eigenvalue weighted by atomic mass is 32.2. The highest BCUT2D eigenvalue weighted by Crippen LogP contribution is 2.40. The van der Waals surface area contributed by atoms with Gasteiger partial charge in [0.2, 0.25) is 5.91 Å². The van der Waals surface area contributed by atoms with E-state index in [2.05, 4.69) is 6.92 Å². The molecule has 1 heterocycles. The molecule has 132 valence electrons. The first-order chi connectivity index (χ1) is 10.8. The van der Waals surface area contributed by atoms with E-state index in [-0.39, 0.29) is 18.1 Å². The topological polar surface area (TPSA) is 94.9 Å². The number of hydrogen-bond donors (Lipinski definition) is 2. The molecule has 6 nitrogen and oxygen atoms in total. The number of thioether (sulfide) groups is 1. The van der Waals surface area contributed by atoms with Crippen molar-refractivity contribution in [3.8, 4) is 0 Å². The van der Waals surface area contributed by atoms with Crippen LogP contribution in [0.25, 0.3) is 0 Å². The van der Waals surface area contributed by atoms with Gasteiger partial charge >= 0.3 is 11.9 Å². The Balaban J connectivity index is 2.53. The quantitative estimate of drug-likeness (QED) is 0.591. The van der Waals surface area contributed by atoms with E-state index >= 15 is 0 Å². The van der Waals surface area contributed by atoms with Crippen molar-refractivity contribution in [3.63, 3.8) is 0 Å². The number of hydrogen-bond acceptors (Lipinski definition) is 4. The van der Waals surface area contributed by atoms with Crippen LogP contribution in [0, 0.1) is 0 Å². The maximum Gasteiger partial charge on any atom is 0.340 e. The van der Waals surface area contributed by atoms with E-state index in [0.717, 1.165) is 35.9 Å². The monoisotopic (exact) mass is 345 g/mol. The Labute approximate surface area is 141 Å². The van der Waals surface area contributed by atoms with Gasteiger partial charge in [0.05, 0.1) is 0 Å². The van der Waals surface area contributed by atoms with Gasteiger partial charge in [-0.15, -0.1) is 11.8 Å². The summed E-state index contributed by atoms with van der Waals surface area (Å²) in [6.07, 6.45) is 7.61. The lowest BCUT2D eigenvalue weighted by atomic mass is 10.1. The van der Waals surface area contributed by atoms with Gasteiger partial charge in [-0.1, -0.05) is 45.4 Å². The summed E-state index contributed by atoms with van der Waals surface area (Å²) in [5.74, 6) is -2.57. The summed E-state index contributed by atoms with van der Waals surface area (Å²) in [7, 11) is 0. The van der Waals surface area contributed by atoms with Crippen molar-refractivity contribution in [3.05, 3.63) is 0 Å². The van der Waals surface area contributed by atoms with E-state index in [0.29, 0.717) is 6.42 Å². The molecule has 2 unspecified atom stereocenters. The van der Waals surface area contributed by atoms with Crippen LogP contribution >= 0.6 is 11.8 Å². The minimum atomic E-state index is -1.48. The fourth-order valence-corrected chi connectivity index (χ4v) is 4.06. The molecular formula is C16H27NO5S. The SMILES string of the molecule is CCCCCCCCCC(=O)N1C(C(=O)O)CSC1(C)C(=O)O. The first-order valence-corrected chi connectivity index (χ1v) is 9.25. The van der Waals surface area contributed by atoms with E-state index in [1.54, 1.807) is 0 Å². The number of amides is 1. The first kappa shape index (κ1) is 19.8. The largest absolute Gasteiger partial charge is 0.480 e. The van der Waals surface area contributed by atoms with Crippen LogP contribution in [-0.4, -0.2) is 49.6 Å². The van der Waals surface area contributed by atoms with Crippen molar-refractivity contribution < 1.29 is 24.6 Å². The molecule has 1 saturated heterocycles. The van der Waals surface area contributed by atoms with E-state index in [1.807, 2.05) is 0 Å². The number of carboxylic acid groups (broad SMARTS) is 2. The van der Waals surface area contributed by atoms with Crippen LogP contribution < -0.4 is 0 Å². The Morgan fingerprint density at radius 1 is 1.09 bits per heavy atom. The summed E-state index contributed by atoms with van der Waals surface area (Å²) >= 11 is 1.00. The van der Waals surface area contributed by atoms with Crippen molar-refractivity contribution in [2.24, 2.45) is 0 Å². The van der Waals surface area contributed by atoms with Gasteiger partial charge in [-0.3, -0.25) is 4.79 Å². The predicted molar refractivity (Wildman–Crippen MR) is 89.4 cm³/mol. The molecule has 0 aromatic carbocycles. The third-order valence-electron chi connectivity index (χ3n) is 4.24. The number of carbonyl (C=O) groups is 3. The van der Waals surface area contributed by atoms with Crippen molar-refractivity contribution in [2.45, 2.75) is 76.1 Å². The van der Waals surface area contributed by atoms with Crippen LogP contribution in [-0.2, 0) is 14.4 Å². The number of unbranched alkanes of at least 4 members (excludes halogenated alkanes) is 6. The zero-order valence-electron chi connectivity index (χ0n) is 13.9. The average molecular weight is 345 g/mol. The average Bonchev–Trinajstić information content (AvgIpc) is 2.85. The molecule has 0 saturated carbocycles. The Hall–Kier alpha value is -1.24. The Kier molecular flexibility index (Phi) is 7.88. The van der Waals surface area contributed by atoms with E-state index in [1.165, 1.54) is 26.2 Å². The number of nitrogens with zero attached hydrogens (tertiary/aromatic N) is 1. The van der Waals surface area contributed by atoms with Crippen LogP contribution in [0.1, 0.15) is 65.2 Å². The summed E-state index contributed by atoms with van der Waals surface area (Å²) in [4.78, 5) is 34.8. The molecule has 23 heavy (non-hydrogen) atoms. The predicted octanol–water partition coefficient (Wildman–Crippen LogP) is 2.96. The summed E-state index contributed by atoms with van der Waals surface area (Å²) in [6, 6.07) is -1.06. The fourth-order valence-electron chi connectivity index (χ4n) is 2.79. The molecule has 0 aliphatic carbocycles. The standard InChI is InChI=1S/C16H27NO5S/c1-3-4-5-6-7-8-9-10-13(18)17-12(14(19)20)11-23-16(17,2)15(21)22/h12H,3-11H2,1-2H3,(H,19,20)(H,21,22). The third-order valence-corrected chi connectivity index (χ3v) is 5.65. The molecule has 0 bridgehead atoms. The van der Waals surface area contributed by atoms with Gasteiger partial charge in [0, 0.05) is 12.2 Å². The molecule has 2 atom stereocenters. The Morgan fingerprint density at radius 2 is 1.65 bits per heavy atom. The normalized spacial score (nSPS) is 23.9. The number of carbonyl (C=O) groups excluding carboxylic acids is 1. The third kappa shape index (κ3) is 5.12. The van der Waals surface area contributed by atoms with Crippen LogP contribution in [0.2, 0.25) is 0 Å². The van der Waals surface area contributed by atoms with Gasteiger partial charge in [-0.25, -0.2) is 9.59 Å². The Morgan fingerprint density at radius 3 is 2.17 bits per heavy atom. The number of rotatable bonds is 10. The second-order valence-electron chi connectivity index (χ2n) is 6.09. The second kappa shape index (κ2) is 9.15. The molecule has 7 heteroatoms. The van der Waals surface area contributed by atoms with Gasteiger partial charge in [-0.05, 0) is 13.3 Å². The zero-order valence-corrected chi connectivity index (χ0v) is 14.7.